The summed E-state index contributed by atoms with van der Waals surface area (Å²) in [5, 5.41) is 13.2. The van der Waals surface area contributed by atoms with Crippen molar-refractivity contribution >= 4 is 0 Å². The van der Waals surface area contributed by atoms with Crippen LogP contribution in [0.3, 0.4) is 0 Å². The lowest BCUT2D eigenvalue weighted by Gasteiger charge is -2.03. The van der Waals surface area contributed by atoms with Gasteiger partial charge in [0.2, 0.25) is 6.04 Å². The smallest absolute Gasteiger partial charge is 0.222 e. The largest absolute Gasteiger partial charge is 0.308 e. The third kappa shape index (κ3) is 2.31. The molecule has 4 nitrogen and oxygen atoms in total. The van der Waals surface area contributed by atoms with Crippen molar-refractivity contribution < 1.29 is 4.92 Å². The van der Waals surface area contributed by atoms with E-state index in [9.17, 15) is 10.1 Å². The number of rotatable bonds is 4. The Morgan fingerprint density at radius 3 is 2.80 bits per heavy atom. The van der Waals surface area contributed by atoms with E-state index in [1.165, 1.54) is 12.8 Å². The molecular formula is C6H12N2O2. The van der Waals surface area contributed by atoms with E-state index in [1.54, 1.807) is 6.92 Å². The lowest BCUT2D eigenvalue weighted by Crippen LogP contribution is -2.31. The van der Waals surface area contributed by atoms with Gasteiger partial charge in [-0.25, -0.2) is 0 Å². The molecule has 0 aromatic rings. The third-order valence-electron chi connectivity index (χ3n) is 1.64. The average Bonchev–Trinajstić information content (AvgIpc) is 2.64. The second-order valence-corrected chi connectivity index (χ2v) is 2.82. The zero-order valence-electron chi connectivity index (χ0n) is 6.04. The van der Waals surface area contributed by atoms with Gasteiger partial charge in [0, 0.05) is 17.9 Å². The van der Waals surface area contributed by atoms with Crippen molar-refractivity contribution in [1.29, 1.82) is 0 Å². The summed E-state index contributed by atoms with van der Waals surface area (Å²) in [4.78, 5) is 9.84. The summed E-state index contributed by atoms with van der Waals surface area (Å²) in [6.45, 7) is 2.13. The van der Waals surface area contributed by atoms with Crippen LogP contribution in [-0.4, -0.2) is 23.6 Å². The monoisotopic (exact) mass is 144 g/mol. The van der Waals surface area contributed by atoms with Crippen molar-refractivity contribution in [3.05, 3.63) is 10.1 Å². The van der Waals surface area contributed by atoms with Gasteiger partial charge < -0.3 is 5.32 Å². The van der Waals surface area contributed by atoms with Gasteiger partial charge in [0.25, 0.3) is 0 Å². The van der Waals surface area contributed by atoms with Crippen molar-refractivity contribution in [1.82, 2.24) is 5.32 Å². The number of hydrogen-bond donors (Lipinski definition) is 1. The van der Waals surface area contributed by atoms with E-state index in [2.05, 4.69) is 5.32 Å². The fourth-order valence-corrected chi connectivity index (χ4v) is 0.699. The zero-order chi connectivity index (χ0) is 7.56. The second-order valence-electron chi connectivity index (χ2n) is 2.82. The Morgan fingerprint density at radius 1 is 1.80 bits per heavy atom. The van der Waals surface area contributed by atoms with E-state index < -0.39 is 6.04 Å². The van der Waals surface area contributed by atoms with Crippen LogP contribution < -0.4 is 5.32 Å². The molecule has 1 aliphatic carbocycles. The van der Waals surface area contributed by atoms with E-state index in [0.29, 0.717) is 12.6 Å². The van der Waals surface area contributed by atoms with E-state index in [1.807, 2.05) is 0 Å². The number of nitrogens with one attached hydrogen (secondary N) is 1. The van der Waals surface area contributed by atoms with Gasteiger partial charge in [0.15, 0.2) is 0 Å². The van der Waals surface area contributed by atoms with Crippen molar-refractivity contribution in [3.63, 3.8) is 0 Å². The molecule has 1 unspecified atom stereocenters. The van der Waals surface area contributed by atoms with Crippen LogP contribution >= 0.6 is 0 Å². The molecule has 1 rings (SSSR count). The van der Waals surface area contributed by atoms with Crippen molar-refractivity contribution in [2.24, 2.45) is 0 Å². The number of hydrogen-bond acceptors (Lipinski definition) is 3. The Kier molecular flexibility index (Phi) is 2.21. The predicted molar refractivity (Wildman–Crippen MR) is 37.5 cm³/mol. The van der Waals surface area contributed by atoms with Crippen molar-refractivity contribution in [2.45, 2.75) is 31.8 Å². The van der Waals surface area contributed by atoms with Gasteiger partial charge in [-0.2, -0.15) is 0 Å². The van der Waals surface area contributed by atoms with Crippen molar-refractivity contribution in [3.8, 4) is 0 Å². The van der Waals surface area contributed by atoms with E-state index >= 15 is 0 Å². The highest BCUT2D eigenvalue weighted by atomic mass is 16.6. The standard InChI is InChI=1S/C6H12N2O2/c1-5(8(9)10)4-7-6-2-3-6/h5-7H,2-4H2,1H3. The third-order valence-corrected chi connectivity index (χ3v) is 1.64. The molecule has 0 saturated heterocycles. The minimum Gasteiger partial charge on any atom is -0.308 e. The van der Waals surface area contributed by atoms with Crippen LogP contribution in [0, 0.1) is 10.1 Å². The summed E-state index contributed by atoms with van der Waals surface area (Å²) in [6, 6.07) is 0.128. The highest BCUT2D eigenvalue weighted by Gasteiger charge is 2.23. The summed E-state index contributed by atoms with van der Waals surface area (Å²) in [5.74, 6) is 0. The number of nitrogens with zero attached hydrogens (tertiary/aromatic N) is 1. The molecular weight excluding hydrogens is 132 g/mol. The Hall–Kier alpha value is -0.640. The average molecular weight is 144 g/mol. The minimum atomic E-state index is -0.444. The molecule has 1 fully saturated rings. The lowest BCUT2D eigenvalue weighted by atomic mass is 10.3. The molecule has 0 amide bonds. The first-order valence-electron chi connectivity index (χ1n) is 3.57. The fraction of sp³-hybridized carbons (Fsp3) is 1.00. The van der Waals surface area contributed by atoms with Crippen LogP contribution in [0.5, 0.6) is 0 Å². The fourth-order valence-electron chi connectivity index (χ4n) is 0.699. The Morgan fingerprint density at radius 2 is 2.40 bits per heavy atom. The Balaban J connectivity index is 2.05. The predicted octanol–water partition coefficient (Wildman–Crippen LogP) is 0.404. The summed E-state index contributed by atoms with van der Waals surface area (Å²) in [7, 11) is 0. The number of nitro groups is 1. The molecule has 4 heteroatoms. The first-order valence-corrected chi connectivity index (χ1v) is 3.57. The molecule has 1 atom stereocenters. The Bertz CT molecular complexity index is 134. The van der Waals surface area contributed by atoms with Gasteiger partial charge in [-0.3, -0.25) is 10.1 Å². The maximum atomic E-state index is 10.1. The summed E-state index contributed by atoms with van der Waals surface area (Å²) < 4.78 is 0. The van der Waals surface area contributed by atoms with Crippen LogP contribution in [0.15, 0.2) is 0 Å². The molecule has 10 heavy (non-hydrogen) atoms. The molecule has 58 valence electrons. The zero-order valence-corrected chi connectivity index (χ0v) is 6.04. The molecule has 0 bridgehead atoms. The quantitative estimate of drug-likeness (QED) is 0.459. The van der Waals surface area contributed by atoms with Crippen molar-refractivity contribution in [2.75, 3.05) is 6.54 Å². The summed E-state index contributed by atoms with van der Waals surface area (Å²) >= 11 is 0. The molecule has 0 heterocycles. The molecule has 0 aliphatic heterocycles. The highest BCUT2D eigenvalue weighted by molar-refractivity contribution is 4.81. The normalized spacial score (nSPS) is 20.5. The SMILES string of the molecule is CC(CNC1CC1)[N+](=O)[O-]. The van der Waals surface area contributed by atoms with Gasteiger partial charge in [0.1, 0.15) is 0 Å². The second kappa shape index (κ2) is 2.96. The molecule has 0 spiro atoms. The van der Waals surface area contributed by atoms with Gasteiger partial charge in [-0.05, 0) is 12.8 Å². The van der Waals surface area contributed by atoms with E-state index in [-0.39, 0.29) is 4.92 Å². The molecule has 0 radical (unpaired) electrons. The lowest BCUT2D eigenvalue weighted by molar-refractivity contribution is -0.515. The first kappa shape index (κ1) is 7.47. The Labute approximate surface area is 59.8 Å². The summed E-state index contributed by atoms with van der Waals surface area (Å²) in [6.07, 6.45) is 2.37. The van der Waals surface area contributed by atoms with E-state index in [0.717, 1.165) is 0 Å². The first-order chi connectivity index (χ1) is 4.70. The molecule has 1 aliphatic rings. The van der Waals surface area contributed by atoms with Crippen LogP contribution in [0.4, 0.5) is 0 Å². The van der Waals surface area contributed by atoms with Gasteiger partial charge in [-0.1, -0.05) is 0 Å². The molecule has 1 N–H and O–H groups in total. The topological polar surface area (TPSA) is 55.2 Å². The highest BCUT2D eigenvalue weighted by Crippen LogP contribution is 2.18. The van der Waals surface area contributed by atoms with Crippen LogP contribution in [0.1, 0.15) is 19.8 Å². The minimum absolute atomic E-state index is 0.255. The van der Waals surface area contributed by atoms with Crippen LogP contribution in [-0.2, 0) is 0 Å². The van der Waals surface area contributed by atoms with Gasteiger partial charge >= 0.3 is 0 Å². The molecule has 0 aromatic carbocycles. The van der Waals surface area contributed by atoms with Gasteiger partial charge in [0.05, 0.1) is 6.54 Å². The van der Waals surface area contributed by atoms with Gasteiger partial charge in [-0.15, -0.1) is 0 Å². The molecule has 1 saturated carbocycles. The van der Waals surface area contributed by atoms with Crippen LogP contribution in [0.2, 0.25) is 0 Å². The maximum absolute atomic E-state index is 10.1. The maximum Gasteiger partial charge on any atom is 0.222 e. The van der Waals surface area contributed by atoms with E-state index in [4.69, 9.17) is 0 Å². The summed E-state index contributed by atoms with van der Waals surface area (Å²) in [5.41, 5.74) is 0. The van der Waals surface area contributed by atoms with Crippen LogP contribution in [0.25, 0.3) is 0 Å². The molecule has 0 aromatic heterocycles.